The molecule has 0 aliphatic carbocycles. The lowest BCUT2D eigenvalue weighted by atomic mass is 10.1. The van der Waals surface area contributed by atoms with Crippen LogP contribution in [-0.2, 0) is 6.54 Å². The van der Waals surface area contributed by atoms with E-state index in [1.54, 1.807) is 12.1 Å². The summed E-state index contributed by atoms with van der Waals surface area (Å²) in [7, 11) is 4.20. The van der Waals surface area contributed by atoms with Crippen molar-refractivity contribution in [3.05, 3.63) is 29.6 Å². The topological polar surface area (TPSA) is 32.5 Å². The summed E-state index contributed by atoms with van der Waals surface area (Å²) in [4.78, 5) is 4.57. The van der Waals surface area contributed by atoms with E-state index in [4.69, 9.17) is 5.73 Å². The molecule has 3 nitrogen and oxygen atoms in total. The number of likely N-dealkylation sites (N-methyl/N-ethyl adjacent to an activating group) is 1. The molecule has 0 aromatic heterocycles. The molecule has 0 spiro atoms. The molecule has 0 saturated carbocycles. The normalized spacial score (nSPS) is 21.3. The average Bonchev–Trinajstić information content (AvgIpc) is 2.72. The van der Waals surface area contributed by atoms with Crippen LogP contribution in [0, 0.1) is 5.82 Å². The molecule has 1 aliphatic heterocycles. The van der Waals surface area contributed by atoms with E-state index in [9.17, 15) is 4.39 Å². The van der Waals surface area contributed by atoms with Gasteiger partial charge in [-0.15, -0.1) is 0 Å². The number of nitrogens with two attached hydrogens (primary N) is 1. The first-order valence-electron chi connectivity index (χ1n) is 5.99. The third kappa shape index (κ3) is 2.96. The van der Waals surface area contributed by atoms with Gasteiger partial charge in [-0.05, 0) is 44.3 Å². The quantitative estimate of drug-likeness (QED) is 0.809. The van der Waals surface area contributed by atoms with Crippen LogP contribution >= 0.6 is 0 Å². The molecule has 2 N–H and O–H groups in total. The first kappa shape index (κ1) is 12.3. The van der Waals surface area contributed by atoms with E-state index in [0.29, 0.717) is 11.7 Å². The number of nitrogen functional groups attached to an aromatic ring is 1. The Hall–Kier alpha value is -1.13. The zero-order valence-corrected chi connectivity index (χ0v) is 10.5. The summed E-state index contributed by atoms with van der Waals surface area (Å²) >= 11 is 0. The summed E-state index contributed by atoms with van der Waals surface area (Å²) in [6.07, 6.45) is 1.17. The van der Waals surface area contributed by atoms with Crippen LogP contribution in [0.3, 0.4) is 0 Å². The monoisotopic (exact) mass is 237 g/mol. The van der Waals surface area contributed by atoms with E-state index < -0.39 is 0 Å². The summed E-state index contributed by atoms with van der Waals surface area (Å²) < 4.78 is 13.1. The average molecular weight is 237 g/mol. The van der Waals surface area contributed by atoms with Crippen LogP contribution in [0.25, 0.3) is 0 Å². The van der Waals surface area contributed by atoms with E-state index in [1.807, 2.05) is 0 Å². The van der Waals surface area contributed by atoms with Crippen molar-refractivity contribution in [2.75, 3.05) is 32.9 Å². The highest BCUT2D eigenvalue weighted by Gasteiger charge is 2.24. The summed E-state index contributed by atoms with van der Waals surface area (Å²) in [6.45, 7) is 2.83. The Bertz CT molecular complexity index is 392. The highest BCUT2D eigenvalue weighted by atomic mass is 19.1. The van der Waals surface area contributed by atoms with Crippen molar-refractivity contribution in [3.63, 3.8) is 0 Å². The van der Waals surface area contributed by atoms with Crippen LogP contribution in [0.1, 0.15) is 12.0 Å². The Balaban J connectivity index is 2.00. The van der Waals surface area contributed by atoms with Crippen molar-refractivity contribution >= 4 is 5.69 Å². The molecule has 1 unspecified atom stereocenters. The van der Waals surface area contributed by atoms with Crippen LogP contribution in [0.2, 0.25) is 0 Å². The molecule has 1 aliphatic rings. The van der Waals surface area contributed by atoms with Crippen molar-refractivity contribution < 1.29 is 4.39 Å². The van der Waals surface area contributed by atoms with E-state index >= 15 is 0 Å². The van der Waals surface area contributed by atoms with Gasteiger partial charge in [0.15, 0.2) is 0 Å². The lowest BCUT2D eigenvalue weighted by Gasteiger charge is -2.20. The SMILES string of the molecule is CN(C)C1CCN(Cc2cc(F)ccc2N)C1. The van der Waals surface area contributed by atoms with Crippen LogP contribution in [-0.4, -0.2) is 43.0 Å². The third-order valence-corrected chi connectivity index (χ3v) is 3.48. The van der Waals surface area contributed by atoms with Gasteiger partial charge in [0.25, 0.3) is 0 Å². The number of rotatable bonds is 3. The molecule has 1 heterocycles. The zero-order chi connectivity index (χ0) is 12.4. The Labute approximate surface area is 102 Å². The van der Waals surface area contributed by atoms with Gasteiger partial charge in [0.2, 0.25) is 0 Å². The van der Waals surface area contributed by atoms with Gasteiger partial charge >= 0.3 is 0 Å². The minimum Gasteiger partial charge on any atom is -0.398 e. The standard InChI is InChI=1S/C13H20FN3/c1-16(2)12-5-6-17(9-12)8-10-7-11(14)3-4-13(10)15/h3-4,7,12H,5-6,8-9,15H2,1-2H3. The fourth-order valence-corrected chi connectivity index (χ4v) is 2.33. The Kier molecular flexibility index (Phi) is 3.64. The van der Waals surface area contributed by atoms with E-state index in [1.165, 1.54) is 12.5 Å². The van der Waals surface area contributed by atoms with Crippen molar-refractivity contribution in [1.82, 2.24) is 9.80 Å². The predicted octanol–water partition coefficient (Wildman–Crippen LogP) is 1.54. The fraction of sp³-hybridized carbons (Fsp3) is 0.538. The summed E-state index contributed by atoms with van der Waals surface area (Å²) in [5.74, 6) is -0.211. The first-order chi connectivity index (χ1) is 8.06. The lowest BCUT2D eigenvalue weighted by molar-refractivity contribution is 0.265. The van der Waals surface area contributed by atoms with Crippen LogP contribution in [0.5, 0.6) is 0 Å². The molecule has 1 saturated heterocycles. The Morgan fingerprint density at radius 3 is 2.88 bits per heavy atom. The minimum atomic E-state index is -0.211. The van der Waals surface area contributed by atoms with Gasteiger partial charge in [-0.1, -0.05) is 0 Å². The fourth-order valence-electron chi connectivity index (χ4n) is 2.33. The van der Waals surface area contributed by atoms with Gasteiger partial charge in [0, 0.05) is 31.4 Å². The van der Waals surface area contributed by atoms with Crippen LogP contribution in [0.4, 0.5) is 10.1 Å². The summed E-state index contributed by atoms with van der Waals surface area (Å²) in [5, 5.41) is 0. The number of anilines is 1. The van der Waals surface area contributed by atoms with Gasteiger partial charge in [-0.25, -0.2) is 4.39 Å². The molecule has 1 atom stereocenters. The number of hydrogen-bond donors (Lipinski definition) is 1. The molecule has 0 bridgehead atoms. The second-order valence-electron chi connectivity index (χ2n) is 4.98. The second kappa shape index (κ2) is 5.02. The van der Waals surface area contributed by atoms with Gasteiger partial charge in [-0.2, -0.15) is 0 Å². The van der Waals surface area contributed by atoms with Crippen molar-refractivity contribution in [2.45, 2.75) is 19.0 Å². The largest absolute Gasteiger partial charge is 0.398 e. The van der Waals surface area contributed by atoms with Gasteiger partial charge < -0.3 is 10.6 Å². The number of benzene rings is 1. The summed E-state index contributed by atoms with van der Waals surface area (Å²) in [5.41, 5.74) is 7.43. The Morgan fingerprint density at radius 2 is 2.24 bits per heavy atom. The first-order valence-corrected chi connectivity index (χ1v) is 5.99. The molecule has 94 valence electrons. The maximum atomic E-state index is 13.1. The number of likely N-dealkylation sites (tertiary alicyclic amines) is 1. The Morgan fingerprint density at radius 1 is 1.47 bits per heavy atom. The smallest absolute Gasteiger partial charge is 0.123 e. The van der Waals surface area contributed by atoms with E-state index in [0.717, 1.165) is 25.2 Å². The van der Waals surface area contributed by atoms with Crippen LogP contribution in [0.15, 0.2) is 18.2 Å². The molecule has 2 rings (SSSR count). The predicted molar refractivity (Wildman–Crippen MR) is 68.2 cm³/mol. The lowest BCUT2D eigenvalue weighted by Crippen LogP contribution is -2.31. The van der Waals surface area contributed by atoms with Gasteiger partial charge in [-0.3, -0.25) is 4.90 Å². The highest BCUT2D eigenvalue weighted by molar-refractivity contribution is 5.46. The van der Waals surface area contributed by atoms with Crippen LogP contribution < -0.4 is 5.73 Å². The third-order valence-electron chi connectivity index (χ3n) is 3.48. The molecule has 0 amide bonds. The molecule has 1 aromatic rings. The zero-order valence-electron chi connectivity index (χ0n) is 10.5. The molecule has 17 heavy (non-hydrogen) atoms. The van der Waals surface area contributed by atoms with Gasteiger partial charge in [0.05, 0.1) is 0 Å². The van der Waals surface area contributed by atoms with E-state index in [2.05, 4.69) is 23.9 Å². The highest BCUT2D eigenvalue weighted by Crippen LogP contribution is 2.20. The summed E-state index contributed by atoms with van der Waals surface area (Å²) in [6, 6.07) is 5.19. The molecule has 4 heteroatoms. The maximum absolute atomic E-state index is 13.1. The van der Waals surface area contributed by atoms with E-state index in [-0.39, 0.29) is 5.82 Å². The second-order valence-corrected chi connectivity index (χ2v) is 4.98. The molecule has 1 aromatic carbocycles. The number of hydrogen-bond acceptors (Lipinski definition) is 3. The molecule has 1 fully saturated rings. The number of nitrogens with zero attached hydrogens (tertiary/aromatic N) is 2. The van der Waals surface area contributed by atoms with Crippen molar-refractivity contribution in [3.8, 4) is 0 Å². The maximum Gasteiger partial charge on any atom is 0.123 e. The molecule has 0 radical (unpaired) electrons. The van der Waals surface area contributed by atoms with Crippen molar-refractivity contribution in [1.29, 1.82) is 0 Å². The number of halogens is 1. The van der Waals surface area contributed by atoms with Crippen molar-refractivity contribution in [2.24, 2.45) is 0 Å². The van der Waals surface area contributed by atoms with Gasteiger partial charge in [0.1, 0.15) is 5.82 Å². The minimum absolute atomic E-state index is 0.211. The molecular weight excluding hydrogens is 217 g/mol. The molecular formula is C13H20FN3.